The van der Waals surface area contributed by atoms with Crippen LogP contribution in [0.3, 0.4) is 0 Å². The number of carbonyl (C=O) groups is 1. The van der Waals surface area contributed by atoms with Gasteiger partial charge in [-0.2, -0.15) is 0 Å². The highest BCUT2D eigenvalue weighted by atomic mass is 16.2. The van der Waals surface area contributed by atoms with Gasteiger partial charge in [-0.15, -0.1) is 0 Å². The highest BCUT2D eigenvalue weighted by molar-refractivity contribution is 5.74. The Labute approximate surface area is 123 Å². The number of pyridine rings is 1. The lowest BCUT2D eigenvalue weighted by molar-refractivity contribution is -0.129. The largest absolute Gasteiger partial charge is 0.334 e. The van der Waals surface area contributed by atoms with Crippen LogP contribution in [0.5, 0.6) is 0 Å². The third-order valence-electron chi connectivity index (χ3n) is 3.57. The Morgan fingerprint density at radius 3 is 3.00 bits per heavy atom. The number of hydrogen-bond donors (Lipinski definition) is 1. The van der Waals surface area contributed by atoms with Gasteiger partial charge in [0.1, 0.15) is 11.6 Å². The van der Waals surface area contributed by atoms with Crippen LogP contribution in [0.2, 0.25) is 0 Å². The number of likely N-dealkylation sites (tertiary alicyclic amines) is 1. The van der Waals surface area contributed by atoms with E-state index in [1.54, 1.807) is 25.5 Å². The van der Waals surface area contributed by atoms with Gasteiger partial charge in [0.15, 0.2) is 0 Å². The molecule has 0 aliphatic carbocycles. The molecule has 108 valence electrons. The maximum atomic E-state index is 11.7. The molecular formula is C15H17N5O. The lowest BCUT2D eigenvalue weighted by atomic mass is 10.1. The van der Waals surface area contributed by atoms with Gasteiger partial charge >= 0.3 is 0 Å². The first-order valence-electron chi connectivity index (χ1n) is 7.01. The predicted molar refractivity (Wildman–Crippen MR) is 78.9 cm³/mol. The minimum absolute atomic E-state index is 0.0282. The van der Waals surface area contributed by atoms with Gasteiger partial charge < -0.3 is 10.2 Å². The van der Waals surface area contributed by atoms with Crippen LogP contribution in [0.4, 0.5) is 11.6 Å². The van der Waals surface area contributed by atoms with Gasteiger partial charge in [-0.25, -0.2) is 9.97 Å². The van der Waals surface area contributed by atoms with Crippen molar-refractivity contribution in [3.8, 4) is 0 Å². The van der Waals surface area contributed by atoms with Crippen LogP contribution in [0.25, 0.3) is 0 Å². The summed E-state index contributed by atoms with van der Waals surface area (Å²) in [6, 6.07) is 5.66. The maximum Gasteiger partial charge on any atom is 0.220 e. The van der Waals surface area contributed by atoms with Crippen LogP contribution in [-0.2, 0) is 4.79 Å². The van der Waals surface area contributed by atoms with Crippen molar-refractivity contribution < 1.29 is 4.79 Å². The van der Waals surface area contributed by atoms with Crippen molar-refractivity contribution in [3.05, 3.63) is 42.5 Å². The van der Waals surface area contributed by atoms with E-state index in [-0.39, 0.29) is 11.9 Å². The maximum absolute atomic E-state index is 11.7. The van der Waals surface area contributed by atoms with Gasteiger partial charge in [0.2, 0.25) is 5.91 Å². The standard InChI is InChI=1S/C15H17N5O/c1-11(21)20-8-4-5-13(20)12-9-16-10-15(18-12)19-14-6-2-3-7-17-14/h2-3,6-7,9-10,13H,4-5,8H2,1H3,(H,17,18,19)/t13-/m0/s1. The topological polar surface area (TPSA) is 71.0 Å². The first kappa shape index (κ1) is 13.5. The van der Waals surface area contributed by atoms with Gasteiger partial charge in [0.05, 0.1) is 24.1 Å². The second-order valence-corrected chi connectivity index (χ2v) is 5.04. The van der Waals surface area contributed by atoms with Crippen molar-refractivity contribution >= 4 is 17.5 Å². The molecule has 1 fully saturated rings. The lowest BCUT2D eigenvalue weighted by Crippen LogP contribution is -2.28. The fourth-order valence-electron chi connectivity index (χ4n) is 2.62. The molecule has 0 unspecified atom stereocenters. The van der Waals surface area contributed by atoms with Crippen molar-refractivity contribution in [2.24, 2.45) is 0 Å². The Morgan fingerprint density at radius 1 is 1.33 bits per heavy atom. The van der Waals surface area contributed by atoms with Gasteiger partial charge in [0, 0.05) is 19.7 Å². The molecule has 1 aliphatic rings. The molecule has 1 aliphatic heterocycles. The van der Waals surface area contributed by atoms with Gasteiger partial charge in [-0.3, -0.25) is 9.78 Å². The van der Waals surface area contributed by atoms with E-state index in [2.05, 4.69) is 20.3 Å². The number of amides is 1. The number of hydrogen-bond acceptors (Lipinski definition) is 5. The molecule has 21 heavy (non-hydrogen) atoms. The SMILES string of the molecule is CC(=O)N1CCC[C@H]1c1cncc(Nc2ccccn2)n1. The Morgan fingerprint density at radius 2 is 2.24 bits per heavy atom. The molecule has 3 heterocycles. The summed E-state index contributed by atoms with van der Waals surface area (Å²) < 4.78 is 0. The molecule has 3 rings (SSSR count). The summed E-state index contributed by atoms with van der Waals surface area (Å²) >= 11 is 0. The third-order valence-corrected chi connectivity index (χ3v) is 3.57. The van der Waals surface area contributed by atoms with E-state index < -0.39 is 0 Å². The lowest BCUT2D eigenvalue weighted by Gasteiger charge is -2.22. The quantitative estimate of drug-likeness (QED) is 0.935. The summed E-state index contributed by atoms with van der Waals surface area (Å²) in [7, 11) is 0. The van der Waals surface area contributed by atoms with Crippen molar-refractivity contribution in [3.63, 3.8) is 0 Å². The van der Waals surface area contributed by atoms with E-state index in [1.165, 1.54) is 0 Å². The minimum Gasteiger partial charge on any atom is -0.334 e. The fraction of sp³-hybridized carbons (Fsp3) is 0.333. The number of anilines is 2. The average Bonchev–Trinajstić information content (AvgIpc) is 2.98. The molecule has 6 nitrogen and oxygen atoms in total. The smallest absolute Gasteiger partial charge is 0.220 e. The molecule has 0 bridgehead atoms. The Kier molecular flexibility index (Phi) is 3.77. The number of nitrogens with one attached hydrogen (secondary N) is 1. The van der Waals surface area contributed by atoms with Crippen molar-refractivity contribution in [1.82, 2.24) is 19.9 Å². The van der Waals surface area contributed by atoms with Gasteiger partial charge in [0.25, 0.3) is 0 Å². The number of carbonyl (C=O) groups excluding carboxylic acids is 1. The molecule has 2 aromatic heterocycles. The summed E-state index contributed by atoms with van der Waals surface area (Å²) in [5.74, 6) is 1.45. The Bertz CT molecular complexity index is 631. The van der Waals surface area contributed by atoms with Gasteiger partial charge in [-0.1, -0.05) is 6.07 Å². The second-order valence-electron chi connectivity index (χ2n) is 5.04. The van der Waals surface area contributed by atoms with Crippen LogP contribution in [0, 0.1) is 0 Å². The van der Waals surface area contributed by atoms with Crippen molar-refractivity contribution in [1.29, 1.82) is 0 Å². The number of nitrogens with zero attached hydrogens (tertiary/aromatic N) is 4. The molecule has 1 saturated heterocycles. The average molecular weight is 283 g/mol. The Hall–Kier alpha value is -2.50. The summed E-state index contributed by atoms with van der Waals surface area (Å²) in [6.45, 7) is 2.39. The zero-order valence-corrected chi connectivity index (χ0v) is 11.9. The van der Waals surface area contributed by atoms with Crippen LogP contribution in [-0.4, -0.2) is 32.3 Å². The molecule has 0 spiro atoms. The minimum atomic E-state index is 0.0282. The predicted octanol–water partition coefficient (Wildman–Crippen LogP) is 2.30. The van der Waals surface area contributed by atoms with E-state index >= 15 is 0 Å². The molecule has 0 radical (unpaired) electrons. The summed E-state index contributed by atoms with van der Waals surface area (Å²) in [5.41, 5.74) is 0.823. The molecule has 1 atom stereocenters. The highest BCUT2D eigenvalue weighted by Gasteiger charge is 2.29. The van der Waals surface area contributed by atoms with E-state index in [0.29, 0.717) is 5.82 Å². The van der Waals surface area contributed by atoms with E-state index in [0.717, 1.165) is 30.9 Å². The zero-order valence-electron chi connectivity index (χ0n) is 11.9. The molecule has 0 aromatic carbocycles. The molecular weight excluding hydrogens is 266 g/mol. The van der Waals surface area contributed by atoms with Crippen LogP contribution >= 0.6 is 0 Å². The summed E-state index contributed by atoms with van der Waals surface area (Å²) in [4.78, 5) is 26.5. The van der Waals surface area contributed by atoms with E-state index in [9.17, 15) is 4.79 Å². The fourth-order valence-corrected chi connectivity index (χ4v) is 2.62. The van der Waals surface area contributed by atoms with E-state index in [4.69, 9.17) is 0 Å². The number of aromatic nitrogens is 3. The van der Waals surface area contributed by atoms with Crippen LogP contribution in [0.1, 0.15) is 31.5 Å². The molecule has 1 N–H and O–H groups in total. The molecule has 2 aromatic rings. The molecule has 1 amide bonds. The van der Waals surface area contributed by atoms with Crippen molar-refractivity contribution in [2.75, 3.05) is 11.9 Å². The Balaban J connectivity index is 1.81. The zero-order chi connectivity index (χ0) is 14.7. The second kappa shape index (κ2) is 5.87. The monoisotopic (exact) mass is 283 g/mol. The van der Waals surface area contributed by atoms with Crippen LogP contribution < -0.4 is 5.32 Å². The molecule has 6 heteroatoms. The third kappa shape index (κ3) is 2.99. The number of rotatable bonds is 3. The molecule has 0 saturated carbocycles. The normalized spacial score (nSPS) is 17.8. The van der Waals surface area contributed by atoms with Gasteiger partial charge in [-0.05, 0) is 25.0 Å². The van der Waals surface area contributed by atoms with E-state index in [1.807, 2.05) is 23.1 Å². The highest BCUT2D eigenvalue weighted by Crippen LogP contribution is 2.30. The summed E-state index contributed by atoms with van der Waals surface area (Å²) in [5, 5.41) is 3.12. The summed E-state index contributed by atoms with van der Waals surface area (Å²) in [6.07, 6.45) is 7.04. The first-order valence-corrected chi connectivity index (χ1v) is 7.01. The van der Waals surface area contributed by atoms with Crippen molar-refractivity contribution in [2.45, 2.75) is 25.8 Å². The first-order chi connectivity index (χ1) is 10.2. The van der Waals surface area contributed by atoms with Crippen LogP contribution in [0.15, 0.2) is 36.8 Å².